The van der Waals surface area contributed by atoms with E-state index in [2.05, 4.69) is 49.1 Å². The Kier molecular flexibility index (Phi) is 6.05. The predicted octanol–water partition coefficient (Wildman–Crippen LogP) is 0.783. The molecule has 1 fully saturated rings. The van der Waals surface area contributed by atoms with E-state index < -0.39 is 0 Å². The Balaban J connectivity index is 1.59. The molecule has 29 heavy (non-hydrogen) atoms. The minimum Gasteiger partial charge on any atom is -0.378 e. The van der Waals surface area contributed by atoms with Crippen molar-refractivity contribution >= 4 is 11.7 Å². The number of hydrogen-bond donors (Lipinski definition) is 2. The van der Waals surface area contributed by atoms with E-state index in [0.717, 1.165) is 50.8 Å². The molecule has 0 aromatic carbocycles. The lowest BCUT2D eigenvalue weighted by Crippen LogP contribution is -2.39. The Bertz CT molecular complexity index is 845. The second kappa shape index (κ2) is 8.87. The number of aromatic nitrogens is 4. The van der Waals surface area contributed by atoms with Crippen LogP contribution in [0, 0.1) is 5.92 Å². The second-order valence-corrected chi connectivity index (χ2v) is 7.80. The summed E-state index contributed by atoms with van der Waals surface area (Å²) in [6, 6.07) is 3.41. The van der Waals surface area contributed by atoms with Gasteiger partial charge in [-0.15, -0.1) is 10.2 Å². The Labute approximate surface area is 170 Å². The summed E-state index contributed by atoms with van der Waals surface area (Å²) in [7, 11) is 0. The summed E-state index contributed by atoms with van der Waals surface area (Å²) in [6.07, 6.45) is 2.57. The number of nitrogens with one attached hydrogen (secondary N) is 2. The van der Waals surface area contributed by atoms with Crippen molar-refractivity contribution in [3.63, 3.8) is 0 Å². The number of ether oxygens (including phenoxy) is 1. The highest BCUT2D eigenvalue weighted by Crippen LogP contribution is 2.24. The Morgan fingerprint density at radius 2 is 2.03 bits per heavy atom. The van der Waals surface area contributed by atoms with Gasteiger partial charge in [0.2, 0.25) is 0 Å². The van der Waals surface area contributed by atoms with Crippen molar-refractivity contribution < 1.29 is 9.53 Å². The van der Waals surface area contributed by atoms with Gasteiger partial charge in [0.05, 0.1) is 24.8 Å². The Morgan fingerprint density at radius 1 is 1.21 bits per heavy atom. The Morgan fingerprint density at radius 3 is 2.83 bits per heavy atom. The second-order valence-electron chi connectivity index (χ2n) is 7.80. The van der Waals surface area contributed by atoms with Crippen molar-refractivity contribution in [3.05, 3.63) is 35.5 Å². The number of nitrogens with zero attached hydrogens (tertiary/aromatic N) is 5. The van der Waals surface area contributed by atoms with Crippen LogP contribution < -0.4 is 15.5 Å². The van der Waals surface area contributed by atoms with Gasteiger partial charge in [0.1, 0.15) is 11.6 Å². The van der Waals surface area contributed by atoms with Crippen molar-refractivity contribution in [2.45, 2.75) is 32.9 Å². The fourth-order valence-corrected chi connectivity index (χ4v) is 3.87. The summed E-state index contributed by atoms with van der Waals surface area (Å²) >= 11 is 0. The SMILES string of the molecule is CC(C)[C@H](NC(=O)c1cccnc1N1CCOCC1)c1nnc2n1CCNCC2. The number of morpholine rings is 1. The molecule has 4 heterocycles. The molecule has 9 heteroatoms. The van der Waals surface area contributed by atoms with E-state index in [9.17, 15) is 4.79 Å². The molecular weight excluding hydrogens is 370 g/mol. The molecule has 2 aromatic heterocycles. The molecule has 0 bridgehead atoms. The monoisotopic (exact) mass is 399 g/mol. The molecular formula is C20H29N7O2. The number of rotatable bonds is 5. The largest absolute Gasteiger partial charge is 0.378 e. The zero-order chi connectivity index (χ0) is 20.2. The molecule has 0 saturated carbocycles. The number of carbonyl (C=O) groups excluding carboxylic acids is 1. The molecule has 9 nitrogen and oxygen atoms in total. The van der Waals surface area contributed by atoms with Crippen LogP contribution in [0.4, 0.5) is 5.82 Å². The first-order valence-corrected chi connectivity index (χ1v) is 10.4. The maximum absolute atomic E-state index is 13.3. The van der Waals surface area contributed by atoms with Gasteiger partial charge < -0.3 is 24.8 Å². The van der Waals surface area contributed by atoms with Gasteiger partial charge in [0, 0.05) is 45.3 Å². The van der Waals surface area contributed by atoms with Gasteiger partial charge in [-0.05, 0) is 18.1 Å². The van der Waals surface area contributed by atoms with Gasteiger partial charge in [0.15, 0.2) is 5.82 Å². The normalized spacial score (nSPS) is 18.2. The van der Waals surface area contributed by atoms with Gasteiger partial charge in [-0.2, -0.15) is 0 Å². The highest BCUT2D eigenvalue weighted by Gasteiger charge is 2.28. The first kappa shape index (κ1) is 19.8. The molecule has 2 N–H and O–H groups in total. The van der Waals surface area contributed by atoms with E-state index in [1.165, 1.54) is 0 Å². The topological polar surface area (TPSA) is 97.2 Å². The van der Waals surface area contributed by atoms with Gasteiger partial charge in [-0.3, -0.25) is 4.79 Å². The van der Waals surface area contributed by atoms with Crippen molar-refractivity contribution in [1.29, 1.82) is 0 Å². The number of anilines is 1. The highest BCUT2D eigenvalue weighted by atomic mass is 16.5. The number of amides is 1. The van der Waals surface area contributed by atoms with E-state index in [1.54, 1.807) is 12.3 Å². The van der Waals surface area contributed by atoms with Crippen molar-refractivity contribution in [1.82, 2.24) is 30.4 Å². The van der Waals surface area contributed by atoms with Crippen molar-refractivity contribution in [2.24, 2.45) is 5.92 Å². The molecule has 0 radical (unpaired) electrons. The van der Waals surface area contributed by atoms with E-state index >= 15 is 0 Å². The van der Waals surface area contributed by atoms with Crippen LogP contribution in [0.2, 0.25) is 0 Å². The van der Waals surface area contributed by atoms with Crippen LogP contribution in [-0.2, 0) is 17.7 Å². The summed E-state index contributed by atoms with van der Waals surface area (Å²) in [5, 5.41) is 15.4. The van der Waals surface area contributed by atoms with E-state index in [4.69, 9.17) is 4.74 Å². The summed E-state index contributed by atoms with van der Waals surface area (Å²) in [5.41, 5.74) is 0.581. The summed E-state index contributed by atoms with van der Waals surface area (Å²) in [6.45, 7) is 9.52. The molecule has 0 spiro atoms. The van der Waals surface area contributed by atoms with Crippen molar-refractivity contribution in [2.75, 3.05) is 44.3 Å². The molecule has 2 aromatic rings. The van der Waals surface area contributed by atoms with Crippen LogP contribution in [0.3, 0.4) is 0 Å². The number of pyridine rings is 1. The summed E-state index contributed by atoms with van der Waals surface area (Å²) in [5.74, 6) is 2.54. The maximum atomic E-state index is 13.3. The molecule has 156 valence electrons. The lowest BCUT2D eigenvalue weighted by atomic mass is 10.0. The molecule has 1 amide bonds. The summed E-state index contributed by atoms with van der Waals surface area (Å²) < 4.78 is 7.59. The zero-order valence-electron chi connectivity index (χ0n) is 17.1. The van der Waals surface area contributed by atoms with Crippen molar-refractivity contribution in [3.8, 4) is 0 Å². The average molecular weight is 399 g/mol. The first-order chi connectivity index (χ1) is 14.1. The number of carbonyl (C=O) groups is 1. The van der Waals surface area contributed by atoms with Crippen LogP contribution in [0.1, 0.15) is 41.9 Å². The lowest BCUT2D eigenvalue weighted by Gasteiger charge is -2.29. The zero-order valence-corrected chi connectivity index (χ0v) is 17.1. The van der Waals surface area contributed by atoms with Gasteiger partial charge >= 0.3 is 0 Å². The Hall–Kier alpha value is -2.52. The van der Waals surface area contributed by atoms with Crippen LogP contribution in [0.5, 0.6) is 0 Å². The molecule has 2 aliphatic rings. The highest BCUT2D eigenvalue weighted by molar-refractivity contribution is 5.99. The van der Waals surface area contributed by atoms with Crippen LogP contribution in [0.15, 0.2) is 18.3 Å². The van der Waals surface area contributed by atoms with Crippen LogP contribution >= 0.6 is 0 Å². The minimum atomic E-state index is -0.223. The van der Waals surface area contributed by atoms with E-state index in [0.29, 0.717) is 24.6 Å². The molecule has 2 aliphatic heterocycles. The molecule has 0 aliphatic carbocycles. The minimum absolute atomic E-state index is 0.137. The molecule has 1 saturated heterocycles. The van der Waals surface area contributed by atoms with E-state index in [-0.39, 0.29) is 17.9 Å². The van der Waals surface area contributed by atoms with Gasteiger partial charge in [-0.25, -0.2) is 4.98 Å². The number of fused-ring (bicyclic) bond motifs is 1. The lowest BCUT2D eigenvalue weighted by molar-refractivity contribution is 0.0920. The fourth-order valence-electron chi connectivity index (χ4n) is 3.87. The summed E-state index contributed by atoms with van der Waals surface area (Å²) in [4.78, 5) is 19.9. The smallest absolute Gasteiger partial charge is 0.255 e. The molecule has 0 unspecified atom stereocenters. The number of hydrogen-bond acceptors (Lipinski definition) is 7. The average Bonchev–Trinajstić information content (AvgIpc) is 2.99. The third kappa shape index (κ3) is 4.25. The predicted molar refractivity (Wildman–Crippen MR) is 109 cm³/mol. The van der Waals surface area contributed by atoms with Gasteiger partial charge in [-0.1, -0.05) is 13.8 Å². The third-order valence-corrected chi connectivity index (χ3v) is 5.47. The van der Waals surface area contributed by atoms with Crippen LogP contribution in [0.25, 0.3) is 0 Å². The van der Waals surface area contributed by atoms with Gasteiger partial charge in [0.25, 0.3) is 5.91 Å². The first-order valence-electron chi connectivity index (χ1n) is 10.4. The molecule has 1 atom stereocenters. The maximum Gasteiger partial charge on any atom is 0.255 e. The van der Waals surface area contributed by atoms with E-state index in [1.807, 2.05) is 6.07 Å². The standard InChI is InChI=1S/C20H29N7O2/c1-14(2)17(19-25-24-16-5-7-21-8-9-27(16)19)23-20(28)15-4-3-6-22-18(15)26-10-12-29-13-11-26/h3-4,6,14,17,21H,5,7-13H2,1-2H3,(H,23,28)/t17-/m0/s1. The van der Waals surface area contributed by atoms with Crippen LogP contribution in [-0.4, -0.2) is 65.0 Å². The fraction of sp³-hybridized carbons (Fsp3) is 0.600. The third-order valence-electron chi connectivity index (χ3n) is 5.47. The quantitative estimate of drug-likeness (QED) is 0.767. The molecule has 4 rings (SSSR count).